The molecular weight excluding hydrogens is 242 g/mol. The molecule has 0 spiro atoms. The number of aromatic carboxylic acids is 1. The minimum absolute atomic E-state index is 0.0720. The third-order valence-corrected chi connectivity index (χ3v) is 3.64. The Morgan fingerprint density at radius 2 is 2.05 bits per heavy atom. The van der Waals surface area contributed by atoms with E-state index in [2.05, 4.69) is 30.7 Å². The fraction of sp³-hybridized carbons (Fsp3) is 0.643. The fourth-order valence-electron chi connectivity index (χ4n) is 1.63. The van der Waals surface area contributed by atoms with Crippen LogP contribution in [-0.4, -0.2) is 33.6 Å². The quantitative estimate of drug-likeness (QED) is 0.886. The lowest BCUT2D eigenvalue weighted by Crippen LogP contribution is -2.41. The maximum Gasteiger partial charge on any atom is 0.356 e. The highest BCUT2D eigenvalue weighted by atomic mass is 16.4. The van der Waals surface area contributed by atoms with Crippen LogP contribution in [0.25, 0.3) is 0 Å². The van der Waals surface area contributed by atoms with Crippen LogP contribution in [-0.2, 0) is 0 Å². The lowest BCUT2D eigenvalue weighted by Gasteiger charge is -2.37. The summed E-state index contributed by atoms with van der Waals surface area (Å²) in [6.45, 7) is 10.1. The molecule has 1 rings (SSSR count). The maximum atomic E-state index is 11.4. The predicted octanol–water partition coefficient (Wildman–Crippen LogP) is 2.92. The third-order valence-electron chi connectivity index (χ3n) is 3.64. The molecule has 0 fully saturated rings. The first-order valence-corrected chi connectivity index (χ1v) is 6.54. The summed E-state index contributed by atoms with van der Waals surface area (Å²) in [6.07, 6.45) is 2.51. The highest BCUT2D eigenvalue weighted by Crippen LogP contribution is 2.27. The molecule has 1 heterocycles. The van der Waals surface area contributed by atoms with Gasteiger partial charge in [-0.2, -0.15) is 0 Å². The van der Waals surface area contributed by atoms with Gasteiger partial charge in [-0.15, -0.1) is 0 Å². The second kappa shape index (κ2) is 5.55. The summed E-state index contributed by atoms with van der Waals surface area (Å²) in [5.41, 5.74) is 0.485. The van der Waals surface area contributed by atoms with Gasteiger partial charge in [-0.3, -0.25) is 0 Å². The highest BCUT2D eigenvalue weighted by molar-refractivity contribution is 5.92. The Bertz CT molecular complexity index is 470. The Hall–Kier alpha value is -1.65. The van der Waals surface area contributed by atoms with E-state index in [1.165, 1.54) is 0 Å². The molecule has 106 valence electrons. The Balaban J connectivity index is 3.32. The molecule has 0 saturated carbocycles. The average Bonchev–Trinajstić information content (AvgIpc) is 2.36. The lowest BCUT2D eigenvalue weighted by atomic mass is 9.99. The van der Waals surface area contributed by atoms with Crippen molar-refractivity contribution in [2.45, 2.75) is 52.5 Å². The molecule has 0 aliphatic carbocycles. The first kappa shape index (κ1) is 15.4. The molecule has 0 atom stereocenters. The zero-order valence-electron chi connectivity index (χ0n) is 12.6. The van der Waals surface area contributed by atoms with Gasteiger partial charge >= 0.3 is 5.97 Å². The van der Waals surface area contributed by atoms with Crippen molar-refractivity contribution in [2.24, 2.45) is 0 Å². The number of carboxylic acids is 1. The molecule has 1 aromatic rings. The lowest BCUT2D eigenvalue weighted by molar-refractivity contribution is 0.0690. The Labute approximate surface area is 114 Å². The van der Waals surface area contributed by atoms with Gasteiger partial charge in [-0.1, -0.05) is 20.8 Å². The third kappa shape index (κ3) is 3.22. The molecule has 1 aromatic heterocycles. The SMILES string of the molecule is CCC(C)(C)N(C)c1cnc(C(C)C)nc1C(=O)O. The van der Waals surface area contributed by atoms with E-state index >= 15 is 0 Å². The summed E-state index contributed by atoms with van der Waals surface area (Å²) in [5, 5.41) is 9.34. The van der Waals surface area contributed by atoms with Gasteiger partial charge in [0.05, 0.1) is 11.9 Å². The van der Waals surface area contributed by atoms with Crippen LogP contribution < -0.4 is 4.90 Å². The molecule has 5 nitrogen and oxygen atoms in total. The van der Waals surface area contributed by atoms with Crippen LogP contribution in [0.15, 0.2) is 6.20 Å². The highest BCUT2D eigenvalue weighted by Gasteiger charge is 2.27. The number of aromatic nitrogens is 2. The van der Waals surface area contributed by atoms with E-state index in [-0.39, 0.29) is 17.2 Å². The molecule has 19 heavy (non-hydrogen) atoms. The van der Waals surface area contributed by atoms with Gasteiger partial charge in [0.25, 0.3) is 0 Å². The summed E-state index contributed by atoms with van der Waals surface area (Å²) in [6, 6.07) is 0. The Morgan fingerprint density at radius 1 is 1.47 bits per heavy atom. The minimum atomic E-state index is -1.02. The summed E-state index contributed by atoms with van der Waals surface area (Å²) in [7, 11) is 1.88. The van der Waals surface area contributed by atoms with Crippen LogP contribution in [0.3, 0.4) is 0 Å². The van der Waals surface area contributed by atoms with Crippen LogP contribution in [0, 0.1) is 0 Å². The van der Waals surface area contributed by atoms with E-state index in [4.69, 9.17) is 0 Å². The van der Waals surface area contributed by atoms with Crippen LogP contribution >= 0.6 is 0 Å². The van der Waals surface area contributed by atoms with E-state index in [1.807, 2.05) is 25.8 Å². The van der Waals surface area contributed by atoms with E-state index in [0.29, 0.717) is 11.5 Å². The number of nitrogens with zero attached hydrogens (tertiary/aromatic N) is 3. The fourth-order valence-corrected chi connectivity index (χ4v) is 1.63. The molecule has 0 aliphatic heterocycles. The number of anilines is 1. The van der Waals surface area contributed by atoms with Crippen molar-refractivity contribution in [3.63, 3.8) is 0 Å². The largest absolute Gasteiger partial charge is 0.476 e. The van der Waals surface area contributed by atoms with Crippen molar-refractivity contribution in [1.29, 1.82) is 0 Å². The molecule has 0 radical (unpaired) electrons. The molecule has 0 amide bonds. The summed E-state index contributed by atoms with van der Waals surface area (Å²) in [4.78, 5) is 21.8. The zero-order valence-corrected chi connectivity index (χ0v) is 12.6. The van der Waals surface area contributed by atoms with Crippen molar-refractivity contribution < 1.29 is 9.90 Å². The molecule has 0 aliphatic rings. The van der Waals surface area contributed by atoms with Crippen molar-refractivity contribution in [3.05, 3.63) is 17.7 Å². The van der Waals surface area contributed by atoms with E-state index < -0.39 is 5.97 Å². The van der Waals surface area contributed by atoms with Crippen LogP contribution in [0.1, 0.15) is 63.3 Å². The van der Waals surface area contributed by atoms with Crippen molar-refractivity contribution in [1.82, 2.24) is 9.97 Å². The smallest absolute Gasteiger partial charge is 0.356 e. The number of carbonyl (C=O) groups is 1. The number of hydrogen-bond donors (Lipinski definition) is 1. The normalized spacial score (nSPS) is 11.7. The Kier molecular flexibility index (Phi) is 4.50. The van der Waals surface area contributed by atoms with Crippen LogP contribution in [0.2, 0.25) is 0 Å². The molecule has 0 saturated heterocycles. The second-order valence-electron chi connectivity index (χ2n) is 5.65. The second-order valence-corrected chi connectivity index (χ2v) is 5.65. The molecule has 0 bridgehead atoms. The standard InChI is InChI=1S/C14H23N3O2/c1-7-14(4,5)17(6)10-8-15-12(9(2)3)16-11(10)13(18)19/h8-9H,7H2,1-6H3,(H,18,19). The summed E-state index contributed by atoms with van der Waals surface area (Å²) < 4.78 is 0. The molecule has 5 heteroatoms. The number of rotatable bonds is 5. The summed E-state index contributed by atoms with van der Waals surface area (Å²) in [5.74, 6) is -0.349. The van der Waals surface area contributed by atoms with Crippen molar-refractivity contribution in [3.8, 4) is 0 Å². The number of hydrogen-bond acceptors (Lipinski definition) is 4. The molecule has 0 aromatic carbocycles. The van der Waals surface area contributed by atoms with Gasteiger partial charge in [0, 0.05) is 18.5 Å². The van der Waals surface area contributed by atoms with E-state index in [1.54, 1.807) is 6.20 Å². The topological polar surface area (TPSA) is 66.3 Å². The van der Waals surface area contributed by atoms with Crippen molar-refractivity contribution in [2.75, 3.05) is 11.9 Å². The van der Waals surface area contributed by atoms with Gasteiger partial charge < -0.3 is 10.0 Å². The predicted molar refractivity (Wildman–Crippen MR) is 75.9 cm³/mol. The number of carboxylic acid groups (broad SMARTS) is 1. The summed E-state index contributed by atoms with van der Waals surface area (Å²) >= 11 is 0. The minimum Gasteiger partial charge on any atom is -0.476 e. The van der Waals surface area contributed by atoms with Crippen LogP contribution in [0.4, 0.5) is 5.69 Å². The van der Waals surface area contributed by atoms with Crippen molar-refractivity contribution >= 4 is 11.7 Å². The first-order chi connectivity index (χ1) is 8.70. The van der Waals surface area contributed by atoms with Crippen LogP contribution in [0.5, 0.6) is 0 Å². The Morgan fingerprint density at radius 3 is 2.47 bits per heavy atom. The molecular formula is C14H23N3O2. The van der Waals surface area contributed by atoms with Gasteiger partial charge in [-0.25, -0.2) is 14.8 Å². The van der Waals surface area contributed by atoms with Gasteiger partial charge in [0.15, 0.2) is 5.69 Å². The maximum absolute atomic E-state index is 11.4. The average molecular weight is 265 g/mol. The van der Waals surface area contributed by atoms with Gasteiger partial charge in [0.2, 0.25) is 0 Å². The van der Waals surface area contributed by atoms with Gasteiger partial charge in [-0.05, 0) is 20.3 Å². The zero-order chi connectivity index (χ0) is 14.8. The van der Waals surface area contributed by atoms with E-state index in [0.717, 1.165) is 6.42 Å². The van der Waals surface area contributed by atoms with E-state index in [9.17, 15) is 9.90 Å². The van der Waals surface area contributed by atoms with Gasteiger partial charge in [0.1, 0.15) is 5.82 Å². The first-order valence-electron chi connectivity index (χ1n) is 6.54. The molecule has 0 unspecified atom stereocenters. The monoisotopic (exact) mass is 265 g/mol. The molecule has 1 N–H and O–H groups in total.